The van der Waals surface area contributed by atoms with E-state index in [0.717, 1.165) is 35.6 Å². The van der Waals surface area contributed by atoms with Gasteiger partial charge in [-0.05, 0) is 43.0 Å². The Kier molecular flexibility index (Phi) is 3.60. The summed E-state index contributed by atoms with van der Waals surface area (Å²) in [5.74, 6) is 0.177. The number of hydrogen-bond donors (Lipinski definition) is 0. The van der Waals surface area contributed by atoms with Gasteiger partial charge in [0.1, 0.15) is 5.65 Å². The second-order valence-corrected chi connectivity index (χ2v) is 6.54. The minimum absolute atomic E-state index is 0.177. The van der Waals surface area contributed by atoms with Crippen molar-refractivity contribution in [1.29, 1.82) is 0 Å². The Bertz CT molecular complexity index is 926. The Morgan fingerprint density at radius 1 is 1.12 bits per heavy atom. The van der Waals surface area contributed by atoms with Crippen LogP contribution in [0.25, 0.3) is 5.65 Å². The lowest BCUT2D eigenvalue weighted by atomic mass is 9.99. The van der Waals surface area contributed by atoms with Gasteiger partial charge in [0.05, 0.1) is 17.8 Å². The zero-order valence-corrected chi connectivity index (χ0v) is 14.1. The molecule has 2 aromatic heterocycles. The van der Waals surface area contributed by atoms with Gasteiger partial charge in [0.15, 0.2) is 0 Å². The molecule has 4 nitrogen and oxygen atoms in total. The van der Waals surface area contributed by atoms with E-state index in [9.17, 15) is 4.79 Å². The van der Waals surface area contributed by atoms with Crippen LogP contribution in [-0.2, 0) is 24.2 Å². The van der Waals surface area contributed by atoms with E-state index in [1.54, 1.807) is 0 Å². The SMILES string of the molecule is Cc1nc2c(C)cccn2c1CC(=O)N1CCc2ccccc2C1. The number of nitrogens with zero attached hydrogens (tertiary/aromatic N) is 3. The molecule has 3 heterocycles. The van der Waals surface area contributed by atoms with E-state index in [1.807, 2.05) is 30.2 Å². The van der Waals surface area contributed by atoms with Crippen LogP contribution >= 0.6 is 0 Å². The molecule has 0 atom stereocenters. The Morgan fingerprint density at radius 2 is 1.92 bits per heavy atom. The molecule has 1 aromatic carbocycles. The highest BCUT2D eigenvalue weighted by Crippen LogP contribution is 2.21. The van der Waals surface area contributed by atoms with Gasteiger partial charge >= 0.3 is 0 Å². The molecule has 0 N–H and O–H groups in total. The molecule has 0 fully saturated rings. The van der Waals surface area contributed by atoms with Gasteiger partial charge in [0.25, 0.3) is 0 Å². The topological polar surface area (TPSA) is 37.6 Å². The third-order valence-electron chi connectivity index (χ3n) is 4.95. The summed E-state index contributed by atoms with van der Waals surface area (Å²) in [5.41, 5.74) is 6.64. The first-order valence-corrected chi connectivity index (χ1v) is 8.41. The molecule has 0 saturated carbocycles. The molecule has 3 aromatic rings. The molecular formula is C20H21N3O. The molecule has 0 spiro atoms. The van der Waals surface area contributed by atoms with Crippen LogP contribution in [0.15, 0.2) is 42.6 Å². The van der Waals surface area contributed by atoms with Crippen LogP contribution in [0.4, 0.5) is 0 Å². The van der Waals surface area contributed by atoms with Crippen LogP contribution in [-0.4, -0.2) is 26.7 Å². The van der Waals surface area contributed by atoms with Crippen LogP contribution in [0.3, 0.4) is 0 Å². The molecular weight excluding hydrogens is 298 g/mol. The Hall–Kier alpha value is -2.62. The Balaban J connectivity index is 1.59. The van der Waals surface area contributed by atoms with Gasteiger partial charge in [-0.15, -0.1) is 0 Å². The number of pyridine rings is 1. The number of carbonyl (C=O) groups excluding carboxylic acids is 1. The first kappa shape index (κ1) is 14.9. The van der Waals surface area contributed by atoms with E-state index >= 15 is 0 Å². The lowest BCUT2D eigenvalue weighted by molar-refractivity contribution is -0.131. The van der Waals surface area contributed by atoms with Crippen molar-refractivity contribution in [2.45, 2.75) is 33.2 Å². The number of fused-ring (bicyclic) bond motifs is 2. The molecule has 4 rings (SSSR count). The quantitative estimate of drug-likeness (QED) is 0.728. The second kappa shape index (κ2) is 5.78. The fourth-order valence-corrected chi connectivity index (χ4v) is 3.54. The zero-order chi connectivity index (χ0) is 16.7. The summed E-state index contributed by atoms with van der Waals surface area (Å²) in [6.45, 7) is 5.55. The minimum Gasteiger partial charge on any atom is -0.338 e. The summed E-state index contributed by atoms with van der Waals surface area (Å²) in [5, 5.41) is 0. The van der Waals surface area contributed by atoms with Gasteiger partial charge in [-0.2, -0.15) is 0 Å². The number of hydrogen-bond acceptors (Lipinski definition) is 2. The lowest BCUT2D eigenvalue weighted by Gasteiger charge is -2.29. The predicted octanol–water partition coefficient (Wildman–Crippen LogP) is 3.08. The van der Waals surface area contributed by atoms with Crippen molar-refractivity contribution in [3.8, 4) is 0 Å². The molecule has 4 heteroatoms. The van der Waals surface area contributed by atoms with Crippen LogP contribution in [0.1, 0.15) is 28.1 Å². The average molecular weight is 319 g/mol. The molecule has 122 valence electrons. The summed E-state index contributed by atoms with van der Waals surface area (Å²) in [4.78, 5) is 19.4. The van der Waals surface area contributed by atoms with Crippen molar-refractivity contribution in [2.75, 3.05) is 6.54 Å². The second-order valence-electron chi connectivity index (χ2n) is 6.54. The van der Waals surface area contributed by atoms with E-state index in [4.69, 9.17) is 0 Å². The number of rotatable bonds is 2. The highest BCUT2D eigenvalue weighted by Gasteiger charge is 2.22. The van der Waals surface area contributed by atoms with Crippen molar-refractivity contribution < 1.29 is 4.79 Å². The zero-order valence-electron chi connectivity index (χ0n) is 14.1. The third-order valence-corrected chi connectivity index (χ3v) is 4.95. The Morgan fingerprint density at radius 3 is 2.75 bits per heavy atom. The summed E-state index contributed by atoms with van der Waals surface area (Å²) in [7, 11) is 0. The number of aromatic nitrogens is 2. The molecule has 1 aliphatic rings. The largest absolute Gasteiger partial charge is 0.338 e. The molecule has 0 radical (unpaired) electrons. The van der Waals surface area contributed by atoms with Crippen LogP contribution < -0.4 is 0 Å². The minimum atomic E-state index is 0.177. The molecule has 0 saturated heterocycles. The fourth-order valence-electron chi connectivity index (χ4n) is 3.54. The van der Waals surface area contributed by atoms with Crippen molar-refractivity contribution in [3.63, 3.8) is 0 Å². The van der Waals surface area contributed by atoms with Gasteiger partial charge in [0.2, 0.25) is 5.91 Å². The summed E-state index contributed by atoms with van der Waals surface area (Å²) in [6.07, 6.45) is 3.34. The molecule has 24 heavy (non-hydrogen) atoms. The maximum atomic E-state index is 12.8. The molecule has 0 bridgehead atoms. The summed E-state index contributed by atoms with van der Waals surface area (Å²) in [6, 6.07) is 12.5. The van der Waals surface area contributed by atoms with E-state index in [-0.39, 0.29) is 5.91 Å². The first-order valence-electron chi connectivity index (χ1n) is 8.41. The molecule has 1 aliphatic heterocycles. The van der Waals surface area contributed by atoms with Gasteiger partial charge in [0, 0.05) is 19.3 Å². The molecule has 1 amide bonds. The lowest BCUT2D eigenvalue weighted by Crippen LogP contribution is -2.37. The number of amides is 1. The maximum Gasteiger partial charge on any atom is 0.228 e. The normalized spacial score (nSPS) is 14.0. The monoisotopic (exact) mass is 319 g/mol. The van der Waals surface area contributed by atoms with Gasteiger partial charge in [-0.3, -0.25) is 4.79 Å². The van der Waals surface area contributed by atoms with Crippen molar-refractivity contribution in [2.24, 2.45) is 0 Å². The van der Waals surface area contributed by atoms with Crippen molar-refractivity contribution in [3.05, 3.63) is 70.7 Å². The predicted molar refractivity (Wildman–Crippen MR) is 93.9 cm³/mol. The average Bonchev–Trinajstić information content (AvgIpc) is 2.92. The van der Waals surface area contributed by atoms with E-state index in [1.165, 1.54) is 11.1 Å². The standard InChI is InChI=1S/C20H21N3O/c1-14-6-5-10-23-18(15(2)21-20(14)23)12-19(24)22-11-9-16-7-3-4-8-17(16)13-22/h3-8,10H,9,11-13H2,1-2H3. The van der Waals surface area contributed by atoms with Gasteiger partial charge < -0.3 is 9.30 Å². The number of imidazole rings is 1. The number of carbonyl (C=O) groups is 1. The first-order chi connectivity index (χ1) is 11.6. The highest BCUT2D eigenvalue weighted by molar-refractivity contribution is 5.79. The van der Waals surface area contributed by atoms with Crippen LogP contribution in [0, 0.1) is 13.8 Å². The molecule has 0 unspecified atom stereocenters. The van der Waals surface area contributed by atoms with E-state index in [2.05, 4.69) is 40.6 Å². The maximum absolute atomic E-state index is 12.8. The third kappa shape index (κ3) is 2.48. The van der Waals surface area contributed by atoms with Gasteiger partial charge in [-0.1, -0.05) is 30.3 Å². The van der Waals surface area contributed by atoms with E-state index < -0.39 is 0 Å². The smallest absolute Gasteiger partial charge is 0.228 e. The summed E-state index contributed by atoms with van der Waals surface area (Å²) >= 11 is 0. The van der Waals surface area contributed by atoms with Crippen LogP contribution in [0.5, 0.6) is 0 Å². The van der Waals surface area contributed by atoms with Gasteiger partial charge in [-0.25, -0.2) is 4.98 Å². The number of aryl methyl sites for hydroxylation is 2. The van der Waals surface area contributed by atoms with Crippen molar-refractivity contribution >= 4 is 11.6 Å². The van der Waals surface area contributed by atoms with Crippen molar-refractivity contribution in [1.82, 2.24) is 14.3 Å². The molecule has 0 aliphatic carbocycles. The number of benzene rings is 1. The highest BCUT2D eigenvalue weighted by atomic mass is 16.2. The van der Waals surface area contributed by atoms with E-state index in [0.29, 0.717) is 13.0 Å². The van der Waals surface area contributed by atoms with Crippen LogP contribution in [0.2, 0.25) is 0 Å². The fraction of sp³-hybridized carbons (Fsp3) is 0.300. The Labute approximate surface area is 141 Å². The summed E-state index contributed by atoms with van der Waals surface area (Å²) < 4.78 is 2.06.